The van der Waals surface area contributed by atoms with Gasteiger partial charge in [0.05, 0.1) is 11.1 Å². The second-order valence-electron chi connectivity index (χ2n) is 14.8. The zero-order chi connectivity index (χ0) is 37.0. The van der Waals surface area contributed by atoms with E-state index in [9.17, 15) is 9.59 Å². The molecule has 2 N–H and O–H groups in total. The summed E-state index contributed by atoms with van der Waals surface area (Å²) in [4.78, 5) is 32.3. The third kappa shape index (κ3) is 7.81. The van der Waals surface area contributed by atoms with Crippen molar-refractivity contribution in [1.82, 2.24) is 0 Å². The maximum Gasteiger partial charge on any atom is 0.257 e. The van der Waals surface area contributed by atoms with Crippen LogP contribution in [-0.4, -0.2) is 11.8 Å². The number of carbonyl (C=O) groups is 2. The zero-order valence-electron chi connectivity index (χ0n) is 31.3. The quantitative estimate of drug-likeness (QED) is 0.0714. The summed E-state index contributed by atoms with van der Waals surface area (Å²) >= 11 is 7.31. The number of unbranched alkanes of at least 4 members (excludes halogenated alkanes) is 10. The Hall–Kier alpha value is -3.82. The molecule has 0 aliphatic carbocycles. The first-order chi connectivity index (χ1) is 26.5. The van der Waals surface area contributed by atoms with E-state index in [4.69, 9.17) is 0 Å². The van der Waals surface area contributed by atoms with E-state index < -0.39 is 0 Å². The highest BCUT2D eigenvalue weighted by Crippen LogP contribution is 2.48. The third-order valence-corrected chi connectivity index (χ3v) is 15.3. The smallest absolute Gasteiger partial charge is 0.257 e. The van der Waals surface area contributed by atoms with Crippen molar-refractivity contribution in [2.24, 2.45) is 0 Å². The number of amides is 2. The molecule has 2 aromatic carbocycles. The van der Waals surface area contributed by atoms with E-state index in [0.717, 1.165) is 46.5 Å². The lowest BCUT2D eigenvalue weighted by atomic mass is 9.94. The summed E-state index contributed by atoms with van der Waals surface area (Å²) < 4.78 is 2.70. The Labute approximate surface area is 335 Å². The fourth-order valence-electron chi connectivity index (χ4n) is 7.85. The predicted molar refractivity (Wildman–Crippen MR) is 236 cm³/mol. The molecule has 0 fully saturated rings. The lowest BCUT2D eigenvalue weighted by Crippen LogP contribution is -2.10. The van der Waals surface area contributed by atoms with Crippen molar-refractivity contribution in [2.75, 3.05) is 10.6 Å². The molecule has 2 amide bonds. The molecule has 0 atom stereocenters. The molecule has 4 aromatic heterocycles. The number of benzene rings is 2. The molecule has 0 unspecified atom stereocenters. The van der Waals surface area contributed by atoms with Crippen molar-refractivity contribution in [2.45, 2.75) is 104 Å². The first kappa shape index (κ1) is 37.1. The average Bonchev–Trinajstić information content (AvgIpc) is 4.02. The summed E-state index contributed by atoms with van der Waals surface area (Å²) in [5, 5.41) is 10.6. The molecule has 8 rings (SSSR count). The van der Waals surface area contributed by atoms with Crippen LogP contribution in [0.5, 0.6) is 0 Å². The molecule has 6 heterocycles. The summed E-state index contributed by atoms with van der Waals surface area (Å²) in [6.07, 6.45) is 17.6. The van der Waals surface area contributed by atoms with Gasteiger partial charge in [0.2, 0.25) is 0 Å². The Bertz CT molecular complexity index is 2300. The average molecular weight is 789 g/mol. The molecule has 2 aliphatic heterocycles. The van der Waals surface area contributed by atoms with E-state index in [2.05, 4.69) is 83.8 Å². The van der Waals surface area contributed by atoms with Gasteiger partial charge in [-0.25, -0.2) is 0 Å². The van der Waals surface area contributed by atoms with Gasteiger partial charge in [-0.15, -0.1) is 45.3 Å². The van der Waals surface area contributed by atoms with Gasteiger partial charge in [-0.05, 0) is 95.1 Å². The monoisotopic (exact) mass is 788 g/mol. The topological polar surface area (TPSA) is 58.2 Å². The number of fused-ring (bicyclic) bond motifs is 3. The van der Waals surface area contributed by atoms with Gasteiger partial charge in [-0.3, -0.25) is 9.59 Å². The molecule has 2 aliphatic rings. The number of carbonyl (C=O) groups excluding carboxylic acids is 2. The number of hydrogen-bond acceptors (Lipinski definition) is 6. The third-order valence-electron chi connectivity index (χ3n) is 10.8. The van der Waals surface area contributed by atoms with Gasteiger partial charge < -0.3 is 10.6 Å². The van der Waals surface area contributed by atoms with Gasteiger partial charge in [0, 0.05) is 51.4 Å². The minimum Gasteiger partial charge on any atom is -0.321 e. The number of thiophene rings is 4. The molecule has 6 aromatic rings. The summed E-state index contributed by atoms with van der Waals surface area (Å²) in [7, 11) is 0. The van der Waals surface area contributed by atoms with Crippen LogP contribution in [0.15, 0.2) is 71.4 Å². The molecular formula is C46H48N2O2S4. The van der Waals surface area contributed by atoms with Crippen LogP contribution in [-0.2, 0) is 22.4 Å². The van der Waals surface area contributed by atoms with E-state index in [1.165, 1.54) is 117 Å². The number of anilines is 2. The van der Waals surface area contributed by atoms with Crippen molar-refractivity contribution in [3.05, 3.63) is 93.7 Å². The second-order valence-corrected chi connectivity index (χ2v) is 18.8. The fraction of sp³-hybridized carbons (Fsp3) is 0.348. The summed E-state index contributed by atoms with van der Waals surface area (Å²) in [6, 6.07) is 21.6. The highest BCUT2D eigenvalue weighted by Gasteiger charge is 2.35. The van der Waals surface area contributed by atoms with Crippen LogP contribution in [0.3, 0.4) is 0 Å². The van der Waals surface area contributed by atoms with Crippen LogP contribution in [0, 0.1) is 0 Å². The van der Waals surface area contributed by atoms with Crippen molar-refractivity contribution >= 4 is 89.1 Å². The maximum atomic E-state index is 13.6. The maximum absolute atomic E-state index is 13.6. The molecule has 0 radical (unpaired) electrons. The Kier molecular flexibility index (Phi) is 11.6. The molecule has 278 valence electrons. The van der Waals surface area contributed by atoms with Gasteiger partial charge in [0.25, 0.3) is 11.8 Å². The predicted octanol–water partition coefficient (Wildman–Crippen LogP) is 14.7. The van der Waals surface area contributed by atoms with Crippen LogP contribution < -0.4 is 10.6 Å². The van der Waals surface area contributed by atoms with Crippen molar-refractivity contribution in [1.29, 1.82) is 0 Å². The van der Waals surface area contributed by atoms with Crippen LogP contribution in [0.1, 0.15) is 113 Å². The molecule has 0 saturated carbocycles. The Balaban J connectivity index is 1.03. The number of hydrogen-bond donors (Lipinski definition) is 2. The second kappa shape index (κ2) is 16.9. The largest absolute Gasteiger partial charge is 0.321 e. The molecule has 4 nitrogen and oxygen atoms in total. The highest BCUT2D eigenvalue weighted by molar-refractivity contribution is 7.31. The van der Waals surface area contributed by atoms with Gasteiger partial charge in [-0.2, -0.15) is 0 Å². The molecule has 54 heavy (non-hydrogen) atoms. The van der Waals surface area contributed by atoms with Crippen molar-refractivity contribution < 1.29 is 9.59 Å². The lowest BCUT2D eigenvalue weighted by Gasteiger charge is -2.06. The van der Waals surface area contributed by atoms with Crippen LogP contribution in [0.4, 0.5) is 11.4 Å². The van der Waals surface area contributed by atoms with Crippen molar-refractivity contribution in [3.8, 4) is 30.6 Å². The van der Waals surface area contributed by atoms with Gasteiger partial charge in [0.15, 0.2) is 0 Å². The van der Waals surface area contributed by atoms with E-state index in [0.29, 0.717) is 11.1 Å². The zero-order valence-corrected chi connectivity index (χ0v) is 34.5. The number of nitrogens with one attached hydrogen (secondary N) is 2. The standard InChI is InChI=1S/C46H48N2O2S4/c1-3-5-7-9-11-13-15-29-23-38(52-28-29)30-17-19-33-35(24-30)47-45(49)42(33)43-34-20-18-31(25-36(34)48-46(43)50)39-26-32(16-14-12-10-8-6-4-2)44(54-39)41-27-40-37(53-41)21-22-51-40/h17-28H,3-16H2,1-2H3,(H,47,49)(H,48,50)/b43-42+. The SMILES string of the molecule is CCCCCCCCc1csc(-c2ccc3c(c2)NC(=O)/C3=C2/C(=O)Nc3cc(-c4cc(CCCCCCCC)c(-c5cc6sccc6s5)s4)ccc32)c1. The Morgan fingerprint density at radius 3 is 1.80 bits per heavy atom. The summed E-state index contributed by atoms with van der Waals surface area (Å²) in [5.74, 6) is -0.451. The van der Waals surface area contributed by atoms with Crippen LogP contribution in [0.25, 0.3) is 51.2 Å². The van der Waals surface area contributed by atoms with Gasteiger partial charge >= 0.3 is 0 Å². The van der Waals surface area contributed by atoms with E-state index in [1.54, 1.807) is 11.3 Å². The van der Waals surface area contributed by atoms with Gasteiger partial charge in [-0.1, -0.05) is 102 Å². The van der Waals surface area contributed by atoms with Crippen LogP contribution in [0.2, 0.25) is 0 Å². The molecular weight excluding hydrogens is 741 g/mol. The number of aryl methyl sites for hydroxylation is 2. The lowest BCUT2D eigenvalue weighted by molar-refractivity contribution is -0.112. The van der Waals surface area contributed by atoms with Gasteiger partial charge in [0.1, 0.15) is 0 Å². The van der Waals surface area contributed by atoms with Crippen LogP contribution >= 0.6 is 45.3 Å². The Morgan fingerprint density at radius 2 is 1.15 bits per heavy atom. The number of rotatable bonds is 17. The summed E-state index contributed by atoms with van der Waals surface area (Å²) in [6.45, 7) is 4.53. The summed E-state index contributed by atoms with van der Waals surface area (Å²) in [5.41, 5.74) is 8.98. The van der Waals surface area contributed by atoms with E-state index >= 15 is 0 Å². The molecule has 0 saturated heterocycles. The van der Waals surface area contributed by atoms with E-state index in [-0.39, 0.29) is 11.8 Å². The van der Waals surface area contributed by atoms with Crippen molar-refractivity contribution in [3.63, 3.8) is 0 Å². The molecule has 0 bridgehead atoms. The Morgan fingerprint density at radius 1 is 0.537 bits per heavy atom. The van der Waals surface area contributed by atoms with E-state index in [1.807, 2.05) is 46.1 Å². The first-order valence-corrected chi connectivity index (χ1v) is 23.2. The highest BCUT2D eigenvalue weighted by atomic mass is 32.1. The minimum absolute atomic E-state index is 0.225. The molecule has 0 spiro atoms. The molecule has 8 heteroatoms. The fourth-order valence-corrected chi connectivity index (χ4v) is 12.3. The first-order valence-electron chi connectivity index (χ1n) is 19.8. The minimum atomic E-state index is -0.226. The normalized spacial score (nSPS) is 14.9.